The van der Waals surface area contributed by atoms with E-state index in [1.807, 2.05) is 24.3 Å². The molecule has 0 amide bonds. The van der Waals surface area contributed by atoms with Crippen molar-refractivity contribution < 1.29 is 0 Å². The molecular formula is C19H14BrN3. The Morgan fingerprint density at radius 2 is 1.70 bits per heavy atom. The second kappa shape index (κ2) is 5.97. The van der Waals surface area contributed by atoms with E-state index in [1.165, 1.54) is 5.56 Å². The van der Waals surface area contributed by atoms with Crippen LogP contribution >= 0.6 is 15.9 Å². The summed E-state index contributed by atoms with van der Waals surface area (Å²) in [4.78, 5) is 9.05. The Kier molecular flexibility index (Phi) is 3.67. The van der Waals surface area contributed by atoms with Gasteiger partial charge in [0.2, 0.25) is 0 Å². The van der Waals surface area contributed by atoms with Crippen LogP contribution < -0.4 is 0 Å². The number of aromatic nitrogens is 3. The Bertz CT molecular complexity index is 961. The fraction of sp³-hybridized carbons (Fsp3) is 0.0526. The van der Waals surface area contributed by atoms with Crippen LogP contribution in [0.2, 0.25) is 0 Å². The minimum atomic E-state index is 0.788. The first-order valence-electron chi connectivity index (χ1n) is 7.42. The highest BCUT2D eigenvalue weighted by molar-refractivity contribution is 9.10. The van der Waals surface area contributed by atoms with E-state index in [2.05, 4.69) is 67.9 Å². The van der Waals surface area contributed by atoms with Gasteiger partial charge in [-0.2, -0.15) is 0 Å². The first-order valence-corrected chi connectivity index (χ1v) is 8.22. The summed E-state index contributed by atoms with van der Waals surface area (Å²) in [6, 6.07) is 22.7. The average molecular weight is 364 g/mol. The number of nitrogens with zero attached hydrogens (tertiary/aromatic N) is 3. The third kappa shape index (κ3) is 2.78. The lowest BCUT2D eigenvalue weighted by Crippen LogP contribution is -2.02. The predicted molar refractivity (Wildman–Crippen MR) is 96.2 cm³/mol. The van der Waals surface area contributed by atoms with Crippen LogP contribution in [0.1, 0.15) is 5.56 Å². The standard InChI is InChI=1S/C19H14BrN3/c20-18-12-15(10-11-21-18)19-22-16-8-4-5-9-17(16)23(19)13-14-6-2-1-3-7-14/h1-12H,13H2. The summed E-state index contributed by atoms with van der Waals surface area (Å²) in [6.07, 6.45) is 1.80. The van der Waals surface area contributed by atoms with E-state index in [9.17, 15) is 0 Å². The van der Waals surface area contributed by atoms with Crippen molar-refractivity contribution in [3.8, 4) is 11.4 Å². The molecule has 0 bridgehead atoms. The normalized spacial score (nSPS) is 11.0. The zero-order chi connectivity index (χ0) is 15.6. The molecule has 0 saturated heterocycles. The largest absolute Gasteiger partial charge is 0.319 e. The van der Waals surface area contributed by atoms with Gasteiger partial charge in [-0.15, -0.1) is 0 Å². The van der Waals surface area contributed by atoms with Crippen molar-refractivity contribution in [1.82, 2.24) is 14.5 Å². The van der Waals surface area contributed by atoms with Crippen LogP contribution in [-0.4, -0.2) is 14.5 Å². The minimum absolute atomic E-state index is 0.788. The molecule has 4 rings (SSSR count). The molecule has 23 heavy (non-hydrogen) atoms. The summed E-state index contributed by atoms with van der Waals surface area (Å²) in [5.74, 6) is 0.957. The van der Waals surface area contributed by atoms with Crippen molar-refractivity contribution in [2.45, 2.75) is 6.54 Å². The van der Waals surface area contributed by atoms with Crippen LogP contribution in [0.25, 0.3) is 22.4 Å². The number of fused-ring (bicyclic) bond motifs is 1. The van der Waals surface area contributed by atoms with Crippen molar-refractivity contribution in [3.63, 3.8) is 0 Å². The Morgan fingerprint density at radius 3 is 2.52 bits per heavy atom. The van der Waals surface area contributed by atoms with Crippen LogP contribution in [0.15, 0.2) is 77.5 Å². The fourth-order valence-electron chi connectivity index (χ4n) is 2.76. The van der Waals surface area contributed by atoms with Gasteiger partial charge in [0.1, 0.15) is 10.4 Å². The Morgan fingerprint density at radius 1 is 0.913 bits per heavy atom. The van der Waals surface area contributed by atoms with E-state index in [0.717, 1.165) is 33.6 Å². The summed E-state index contributed by atoms with van der Waals surface area (Å²) < 4.78 is 3.07. The van der Waals surface area contributed by atoms with Crippen LogP contribution in [-0.2, 0) is 6.54 Å². The molecule has 4 heteroatoms. The second-order valence-corrected chi connectivity index (χ2v) is 6.18. The van der Waals surface area contributed by atoms with Crippen LogP contribution in [0.4, 0.5) is 0 Å². The smallest absolute Gasteiger partial charge is 0.141 e. The number of imidazole rings is 1. The topological polar surface area (TPSA) is 30.7 Å². The molecule has 4 aromatic rings. The number of benzene rings is 2. The monoisotopic (exact) mass is 363 g/mol. The quantitative estimate of drug-likeness (QED) is 0.484. The molecule has 2 aromatic carbocycles. The summed E-state index contributed by atoms with van der Waals surface area (Å²) >= 11 is 3.45. The molecule has 0 fully saturated rings. The number of rotatable bonds is 3. The maximum Gasteiger partial charge on any atom is 0.141 e. The molecule has 2 aromatic heterocycles. The summed E-state index contributed by atoms with van der Waals surface area (Å²) in [5, 5.41) is 0. The molecular weight excluding hydrogens is 350 g/mol. The third-order valence-electron chi connectivity index (χ3n) is 3.82. The summed E-state index contributed by atoms with van der Waals surface area (Å²) in [7, 11) is 0. The minimum Gasteiger partial charge on any atom is -0.319 e. The van der Waals surface area contributed by atoms with Crippen LogP contribution in [0.3, 0.4) is 0 Å². The number of halogens is 1. The van der Waals surface area contributed by atoms with E-state index in [4.69, 9.17) is 4.98 Å². The maximum atomic E-state index is 4.83. The maximum absolute atomic E-state index is 4.83. The first kappa shape index (κ1) is 14.2. The van der Waals surface area contributed by atoms with Crippen molar-refractivity contribution >= 4 is 27.0 Å². The number of hydrogen-bond donors (Lipinski definition) is 0. The lowest BCUT2D eigenvalue weighted by molar-refractivity contribution is 0.834. The highest BCUT2D eigenvalue weighted by Crippen LogP contribution is 2.26. The van der Waals surface area contributed by atoms with Gasteiger partial charge in [0.15, 0.2) is 0 Å². The molecule has 3 nitrogen and oxygen atoms in total. The van der Waals surface area contributed by atoms with E-state index in [1.54, 1.807) is 6.20 Å². The highest BCUT2D eigenvalue weighted by Gasteiger charge is 2.13. The van der Waals surface area contributed by atoms with Gasteiger partial charge in [-0.05, 0) is 45.8 Å². The molecule has 0 spiro atoms. The van der Waals surface area contributed by atoms with Gasteiger partial charge in [0.05, 0.1) is 11.0 Å². The van der Waals surface area contributed by atoms with Crippen LogP contribution in [0, 0.1) is 0 Å². The van der Waals surface area contributed by atoms with Crippen molar-refractivity contribution in [3.05, 3.63) is 83.1 Å². The van der Waals surface area contributed by atoms with E-state index in [-0.39, 0.29) is 0 Å². The molecule has 0 unspecified atom stereocenters. The molecule has 2 heterocycles. The molecule has 112 valence electrons. The van der Waals surface area contributed by atoms with Crippen molar-refractivity contribution in [2.24, 2.45) is 0 Å². The van der Waals surface area contributed by atoms with Gasteiger partial charge in [0.25, 0.3) is 0 Å². The number of hydrogen-bond acceptors (Lipinski definition) is 2. The highest BCUT2D eigenvalue weighted by atomic mass is 79.9. The summed E-state index contributed by atoms with van der Waals surface area (Å²) in [6.45, 7) is 0.788. The van der Waals surface area contributed by atoms with Gasteiger partial charge < -0.3 is 4.57 Å². The average Bonchev–Trinajstić information content (AvgIpc) is 2.95. The molecule has 0 atom stereocenters. The Balaban J connectivity index is 1.91. The fourth-order valence-corrected chi connectivity index (χ4v) is 3.13. The third-order valence-corrected chi connectivity index (χ3v) is 4.26. The van der Waals surface area contributed by atoms with Crippen molar-refractivity contribution in [1.29, 1.82) is 0 Å². The predicted octanol–water partition coefficient (Wildman–Crippen LogP) is 4.91. The van der Waals surface area contributed by atoms with Crippen LogP contribution in [0.5, 0.6) is 0 Å². The lowest BCUT2D eigenvalue weighted by Gasteiger charge is -2.09. The lowest BCUT2D eigenvalue weighted by atomic mass is 10.2. The zero-order valence-electron chi connectivity index (χ0n) is 12.4. The second-order valence-electron chi connectivity index (χ2n) is 5.36. The van der Waals surface area contributed by atoms with E-state index >= 15 is 0 Å². The molecule has 0 aliphatic carbocycles. The molecule has 0 aliphatic rings. The zero-order valence-corrected chi connectivity index (χ0v) is 13.9. The Labute approximate surface area is 142 Å². The number of pyridine rings is 1. The van der Waals surface area contributed by atoms with Gasteiger partial charge >= 0.3 is 0 Å². The van der Waals surface area contributed by atoms with Gasteiger partial charge in [-0.25, -0.2) is 9.97 Å². The molecule has 0 aliphatic heterocycles. The Hall–Kier alpha value is -2.46. The van der Waals surface area contributed by atoms with E-state index < -0.39 is 0 Å². The molecule has 0 N–H and O–H groups in total. The van der Waals surface area contributed by atoms with Gasteiger partial charge in [-0.1, -0.05) is 42.5 Å². The summed E-state index contributed by atoms with van der Waals surface area (Å²) in [5.41, 5.74) is 4.45. The van der Waals surface area contributed by atoms with Crippen molar-refractivity contribution in [2.75, 3.05) is 0 Å². The number of para-hydroxylation sites is 2. The van der Waals surface area contributed by atoms with E-state index in [0.29, 0.717) is 0 Å². The van der Waals surface area contributed by atoms with Gasteiger partial charge in [0, 0.05) is 18.3 Å². The molecule has 0 saturated carbocycles. The SMILES string of the molecule is Brc1cc(-c2nc3ccccc3n2Cc2ccccc2)ccn1. The van der Waals surface area contributed by atoms with Gasteiger partial charge in [-0.3, -0.25) is 0 Å². The first-order chi connectivity index (χ1) is 11.3. The molecule has 0 radical (unpaired) electrons.